The van der Waals surface area contributed by atoms with Gasteiger partial charge in [0.25, 0.3) is 0 Å². The van der Waals surface area contributed by atoms with Crippen LogP contribution in [-0.2, 0) is 17.9 Å². The SMILES string of the molecule is CC1c2c([nH]c3ccc(OCc4ccccc4)cc23)CNC1C(=O)O. The highest BCUT2D eigenvalue weighted by atomic mass is 16.5. The fourth-order valence-electron chi connectivity index (χ4n) is 3.59. The van der Waals surface area contributed by atoms with E-state index in [4.69, 9.17) is 4.74 Å². The molecule has 0 radical (unpaired) electrons. The third kappa shape index (κ3) is 2.87. The van der Waals surface area contributed by atoms with E-state index in [-0.39, 0.29) is 5.92 Å². The molecule has 25 heavy (non-hydrogen) atoms. The number of aromatic amines is 1. The Balaban J connectivity index is 1.65. The second-order valence-electron chi connectivity index (χ2n) is 6.48. The molecular weight excluding hydrogens is 316 g/mol. The van der Waals surface area contributed by atoms with Gasteiger partial charge >= 0.3 is 5.97 Å². The van der Waals surface area contributed by atoms with Crippen molar-refractivity contribution in [1.82, 2.24) is 10.3 Å². The number of ether oxygens (including phenoxy) is 1. The molecule has 1 aliphatic heterocycles. The van der Waals surface area contributed by atoms with Crippen molar-refractivity contribution in [1.29, 1.82) is 0 Å². The van der Waals surface area contributed by atoms with Crippen molar-refractivity contribution in [2.45, 2.75) is 32.0 Å². The molecule has 3 aromatic rings. The summed E-state index contributed by atoms with van der Waals surface area (Å²) in [6.07, 6.45) is 0. The fourth-order valence-corrected chi connectivity index (χ4v) is 3.59. The number of carboxylic acid groups (broad SMARTS) is 1. The van der Waals surface area contributed by atoms with Gasteiger partial charge in [0.15, 0.2) is 0 Å². The molecule has 0 saturated carbocycles. The summed E-state index contributed by atoms with van der Waals surface area (Å²) in [6, 6.07) is 15.4. The van der Waals surface area contributed by atoms with Crippen LogP contribution >= 0.6 is 0 Å². The van der Waals surface area contributed by atoms with Crippen LogP contribution < -0.4 is 10.1 Å². The normalized spacial score (nSPS) is 19.6. The van der Waals surface area contributed by atoms with Gasteiger partial charge in [0.05, 0.1) is 0 Å². The molecule has 3 N–H and O–H groups in total. The Morgan fingerprint density at radius 2 is 2.04 bits per heavy atom. The van der Waals surface area contributed by atoms with Gasteiger partial charge in [-0.25, -0.2) is 0 Å². The number of aromatic nitrogens is 1. The first-order valence-electron chi connectivity index (χ1n) is 8.41. The van der Waals surface area contributed by atoms with Crippen molar-refractivity contribution in [3.05, 3.63) is 65.4 Å². The van der Waals surface area contributed by atoms with Crippen molar-refractivity contribution < 1.29 is 14.6 Å². The van der Waals surface area contributed by atoms with Gasteiger partial charge in [0, 0.05) is 29.1 Å². The minimum Gasteiger partial charge on any atom is -0.489 e. The van der Waals surface area contributed by atoms with Crippen molar-refractivity contribution >= 4 is 16.9 Å². The number of H-pyrrole nitrogens is 1. The first-order chi connectivity index (χ1) is 12.1. The quantitative estimate of drug-likeness (QED) is 0.682. The maximum Gasteiger partial charge on any atom is 0.321 e. The minimum absolute atomic E-state index is 0.112. The van der Waals surface area contributed by atoms with E-state index in [0.29, 0.717) is 13.2 Å². The summed E-state index contributed by atoms with van der Waals surface area (Å²) in [5.41, 5.74) is 4.26. The molecule has 1 aliphatic rings. The van der Waals surface area contributed by atoms with E-state index in [1.165, 1.54) is 0 Å². The summed E-state index contributed by atoms with van der Waals surface area (Å²) in [7, 11) is 0. The second-order valence-corrected chi connectivity index (χ2v) is 6.48. The van der Waals surface area contributed by atoms with Gasteiger partial charge in [-0.3, -0.25) is 10.1 Å². The van der Waals surface area contributed by atoms with Crippen molar-refractivity contribution in [2.24, 2.45) is 0 Å². The lowest BCUT2D eigenvalue weighted by Crippen LogP contribution is -2.43. The van der Waals surface area contributed by atoms with E-state index in [0.717, 1.165) is 33.5 Å². The maximum absolute atomic E-state index is 11.5. The van der Waals surface area contributed by atoms with Crippen LogP contribution in [0.3, 0.4) is 0 Å². The molecule has 0 fully saturated rings. The zero-order valence-corrected chi connectivity index (χ0v) is 14.0. The van der Waals surface area contributed by atoms with E-state index in [9.17, 15) is 9.90 Å². The number of rotatable bonds is 4. The Morgan fingerprint density at radius 1 is 1.24 bits per heavy atom. The van der Waals surface area contributed by atoms with Crippen LogP contribution in [-0.4, -0.2) is 22.1 Å². The average Bonchev–Trinajstić information content (AvgIpc) is 2.99. The number of fused-ring (bicyclic) bond motifs is 3. The maximum atomic E-state index is 11.5. The molecule has 0 spiro atoms. The Hall–Kier alpha value is -2.79. The second kappa shape index (κ2) is 6.26. The van der Waals surface area contributed by atoms with E-state index >= 15 is 0 Å². The number of nitrogens with one attached hydrogen (secondary N) is 2. The smallest absolute Gasteiger partial charge is 0.321 e. The number of carbonyl (C=O) groups is 1. The Morgan fingerprint density at radius 3 is 2.80 bits per heavy atom. The predicted octanol–water partition coefficient (Wildman–Crippen LogP) is 3.41. The van der Waals surface area contributed by atoms with E-state index < -0.39 is 12.0 Å². The number of hydrogen-bond acceptors (Lipinski definition) is 3. The zero-order chi connectivity index (χ0) is 17.4. The predicted molar refractivity (Wildman–Crippen MR) is 95.8 cm³/mol. The summed E-state index contributed by atoms with van der Waals surface area (Å²) < 4.78 is 5.92. The molecule has 0 amide bonds. The van der Waals surface area contributed by atoms with Crippen molar-refractivity contribution in [3.8, 4) is 5.75 Å². The summed E-state index contributed by atoms with van der Waals surface area (Å²) in [5, 5.41) is 13.5. The van der Waals surface area contributed by atoms with Gasteiger partial charge < -0.3 is 14.8 Å². The Kier molecular flexibility index (Phi) is 3.93. The molecule has 2 aromatic carbocycles. The molecule has 5 nitrogen and oxygen atoms in total. The first kappa shape index (κ1) is 15.7. The molecule has 5 heteroatoms. The van der Waals surface area contributed by atoms with Gasteiger partial charge in [-0.1, -0.05) is 37.3 Å². The van der Waals surface area contributed by atoms with Crippen LogP contribution in [0.5, 0.6) is 5.75 Å². The molecule has 2 unspecified atom stereocenters. The molecule has 128 valence electrons. The highest BCUT2D eigenvalue weighted by molar-refractivity contribution is 5.88. The van der Waals surface area contributed by atoms with Crippen LogP contribution in [0.25, 0.3) is 10.9 Å². The lowest BCUT2D eigenvalue weighted by molar-refractivity contribution is -0.140. The number of hydrogen-bond donors (Lipinski definition) is 3. The molecule has 2 atom stereocenters. The van der Waals surface area contributed by atoms with Crippen molar-refractivity contribution in [3.63, 3.8) is 0 Å². The third-order valence-electron chi connectivity index (χ3n) is 4.86. The zero-order valence-electron chi connectivity index (χ0n) is 14.0. The summed E-state index contributed by atoms with van der Waals surface area (Å²) in [4.78, 5) is 14.9. The highest BCUT2D eigenvalue weighted by Gasteiger charge is 2.33. The molecule has 2 heterocycles. The largest absolute Gasteiger partial charge is 0.489 e. The molecule has 0 aliphatic carbocycles. The average molecular weight is 336 g/mol. The summed E-state index contributed by atoms with van der Waals surface area (Å²) in [5.74, 6) is -0.140. The summed E-state index contributed by atoms with van der Waals surface area (Å²) in [6.45, 7) is 2.99. The van der Waals surface area contributed by atoms with E-state index in [2.05, 4.69) is 10.3 Å². The minimum atomic E-state index is -0.816. The Labute approximate surface area is 145 Å². The van der Waals surface area contributed by atoms with Crippen molar-refractivity contribution in [2.75, 3.05) is 0 Å². The number of carboxylic acids is 1. The van der Waals surface area contributed by atoms with Gasteiger partial charge in [-0.15, -0.1) is 0 Å². The molecule has 4 rings (SSSR count). The van der Waals surface area contributed by atoms with Crippen LogP contribution in [0.4, 0.5) is 0 Å². The fraction of sp³-hybridized carbons (Fsp3) is 0.250. The summed E-state index contributed by atoms with van der Waals surface area (Å²) >= 11 is 0. The van der Waals surface area contributed by atoms with Gasteiger partial charge in [-0.05, 0) is 29.3 Å². The standard InChI is InChI=1S/C20H20N2O3/c1-12-18-15-9-14(25-11-13-5-3-2-4-6-13)7-8-16(15)22-17(18)10-21-19(12)20(23)24/h2-9,12,19,21-22H,10-11H2,1H3,(H,23,24). The lowest BCUT2D eigenvalue weighted by Gasteiger charge is -2.27. The Bertz CT molecular complexity index is 917. The molecular formula is C20H20N2O3. The van der Waals surface area contributed by atoms with Gasteiger partial charge in [-0.2, -0.15) is 0 Å². The van der Waals surface area contributed by atoms with Crippen LogP contribution in [0.1, 0.15) is 29.7 Å². The monoisotopic (exact) mass is 336 g/mol. The van der Waals surface area contributed by atoms with E-state index in [1.54, 1.807) is 0 Å². The molecule has 1 aromatic heterocycles. The van der Waals surface area contributed by atoms with Gasteiger partial charge in [0.1, 0.15) is 18.4 Å². The van der Waals surface area contributed by atoms with Crippen LogP contribution in [0.15, 0.2) is 48.5 Å². The first-order valence-corrected chi connectivity index (χ1v) is 8.41. The van der Waals surface area contributed by atoms with Crippen LogP contribution in [0.2, 0.25) is 0 Å². The topological polar surface area (TPSA) is 74.3 Å². The van der Waals surface area contributed by atoms with E-state index in [1.807, 2.05) is 55.5 Å². The third-order valence-corrected chi connectivity index (χ3v) is 4.86. The van der Waals surface area contributed by atoms with Gasteiger partial charge in [0.2, 0.25) is 0 Å². The lowest BCUT2D eigenvalue weighted by atomic mass is 9.88. The molecule has 0 bridgehead atoms. The molecule has 0 saturated heterocycles. The highest BCUT2D eigenvalue weighted by Crippen LogP contribution is 2.36. The number of aliphatic carboxylic acids is 1. The number of benzene rings is 2. The van der Waals surface area contributed by atoms with Crippen LogP contribution in [0, 0.1) is 0 Å².